The highest BCUT2D eigenvalue weighted by molar-refractivity contribution is 5.46. The predicted octanol–water partition coefficient (Wildman–Crippen LogP) is 4.35. The van der Waals surface area contributed by atoms with Crippen LogP contribution in [-0.4, -0.2) is 19.8 Å². The topological polar surface area (TPSA) is 12.0 Å². The van der Waals surface area contributed by atoms with E-state index >= 15 is 0 Å². The van der Waals surface area contributed by atoms with Crippen LogP contribution in [0.15, 0.2) is 48.1 Å². The lowest BCUT2D eigenvalue weighted by Crippen LogP contribution is -2.26. The first kappa shape index (κ1) is 16.9. The van der Waals surface area contributed by atoms with Gasteiger partial charge in [-0.15, -0.1) is 6.58 Å². The molecule has 0 aromatic rings. The monoisotopic (exact) mass is 251 g/mol. The Morgan fingerprint density at radius 1 is 1.39 bits per heavy atom. The Balaban J connectivity index is 5.59. The van der Waals surface area contributed by atoms with Gasteiger partial charge in [0.1, 0.15) is 0 Å². The summed E-state index contributed by atoms with van der Waals surface area (Å²) in [6.45, 7) is 15.7. The van der Waals surface area contributed by atoms with Crippen LogP contribution in [0.25, 0.3) is 0 Å². The van der Waals surface area contributed by atoms with E-state index in [0.717, 1.165) is 28.7 Å². The number of hydrogen-bond donors (Lipinski definition) is 1. The lowest BCUT2D eigenvalue weighted by molar-refractivity contribution is 0.472. The zero-order valence-corrected chi connectivity index (χ0v) is 12.0. The van der Waals surface area contributed by atoms with Gasteiger partial charge in [0.15, 0.2) is 0 Å². The van der Waals surface area contributed by atoms with Gasteiger partial charge < -0.3 is 5.32 Å². The van der Waals surface area contributed by atoms with Gasteiger partial charge in [-0.05, 0) is 44.4 Å². The Labute approximate surface area is 111 Å². The molecule has 0 spiro atoms. The average Bonchev–Trinajstić information content (AvgIpc) is 2.37. The SMILES string of the molecule is C=CC(NC)/C(C(=C)C)=C(\CCCF)C(=C)CC. The van der Waals surface area contributed by atoms with E-state index < -0.39 is 0 Å². The molecule has 0 aliphatic carbocycles. The summed E-state index contributed by atoms with van der Waals surface area (Å²) in [5.41, 5.74) is 4.27. The Kier molecular flexibility index (Phi) is 8.30. The highest BCUT2D eigenvalue weighted by atomic mass is 19.1. The van der Waals surface area contributed by atoms with Crippen molar-refractivity contribution in [2.45, 2.75) is 39.2 Å². The molecular formula is C16H26FN. The van der Waals surface area contributed by atoms with Crippen molar-refractivity contribution in [2.75, 3.05) is 13.7 Å². The lowest BCUT2D eigenvalue weighted by Gasteiger charge is -2.23. The van der Waals surface area contributed by atoms with E-state index in [1.165, 1.54) is 0 Å². The summed E-state index contributed by atoms with van der Waals surface area (Å²) in [5.74, 6) is 0. The highest BCUT2D eigenvalue weighted by Gasteiger charge is 2.16. The molecule has 1 unspecified atom stereocenters. The summed E-state index contributed by atoms with van der Waals surface area (Å²) in [7, 11) is 1.89. The number of halogens is 1. The van der Waals surface area contributed by atoms with Gasteiger partial charge in [-0.3, -0.25) is 4.39 Å². The maximum atomic E-state index is 12.4. The number of allylic oxidation sites excluding steroid dienone is 2. The number of alkyl halides is 1. The Hall–Kier alpha value is -1.15. The summed E-state index contributed by atoms with van der Waals surface area (Å²) in [4.78, 5) is 0. The molecule has 0 aliphatic rings. The molecule has 0 radical (unpaired) electrons. The normalized spacial score (nSPS) is 13.8. The average molecular weight is 251 g/mol. The molecule has 0 heterocycles. The predicted molar refractivity (Wildman–Crippen MR) is 79.5 cm³/mol. The van der Waals surface area contributed by atoms with Crippen LogP contribution in [-0.2, 0) is 0 Å². The molecule has 0 fully saturated rings. The van der Waals surface area contributed by atoms with E-state index in [9.17, 15) is 4.39 Å². The van der Waals surface area contributed by atoms with Crippen LogP contribution in [0.4, 0.5) is 4.39 Å². The van der Waals surface area contributed by atoms with Crippen LogP contribution in [0.5, 0.6) is 0 Å². The third-order valence-electron chi connectivity index (χ3n) is 3.06. The zero-order valence-electron chi connectivity index (χ0n) is 12.0. The van der Waals surface area contributed by atoms with Crippen molar-refractivity contribution in [1.82, 2.24) is 5.32 Å². The fraction of sp³-hybridized carbons (Fsp3) is 0.500. The molecule has 0 bridgehead atoms. The summed E-state index contributed by atoms with van der Waals surface area (Å²) in [6, 6.07) is 0.0420. The highest BCUT2D eigenvalue weighted by Crippen LogP contribution is 2.28. The zero-order chi connectivity index (χ0) is 14.1. The molecule has 0 amide bonds. The molecule has 0 aromatic carbocycles. The first-order valence-electron chi connectivity index (χ1n) is 6.46. The third kappa shape index (κ3) is 4.61. The van der Waals surface area contributed by atoms with Crippen molar-refractivity contribution in [2.24, 2.45) is 0 Å². The Morgan fingerprint density at radius 2 is 2.00 bits per heavy atom. The number of likely N-dealkylation sites (N-methyl/N-ethyl adjacent to an activating group) is 1. The Morgan fingerprint density at radius 3 is 2.33 bits per heavy atom. The van der Waals surface area contributed by atoms with Crippen LogP contribution in [0, 0.1) is 0 Å². The molecular weight excluding hydrogens is 225 g/mol. The van der Waals surface area contributed by atoms with Crippen molar-refractivity contribution in [3.05, 3.63) is 48.1 Å². The molecule has 1 nitrogen and oxygen atoms in total. The lowest BCUT2D eigenvalue weighted by atomic mass is 9.87. The van der Waals surface area contributed by atoms with Gasteiger partial charge in [0.25, 0.3) is 0 Å². The fourth-order valence-corrected chi connectivity index (χ4v) is 2.05. The minimum Gasteiger partial charge on any atom is -0.310 e. The third-order valence-corrected chi connectivity index (χ3v) is 3.06. The van der Waals surface area contributed by atoms with Crippen molar-refractivity contribution in [1.29, 1.82) is 0 Å². The smallest absolute Gasteiger partial charge is 0.0897 e. The number of hydrogen-bond acceptors (Lipinski definition) is 1. The van der Waals surface area contributed by atoms with Gasteiger partial charge in [0.05, 0.1) is 12.7 Å². The molecule has 2 heteroatoms. The van der Waals surface area contributed by atoms with Crippen molar-refractivity contribution in [3.63, 3.8) is 0 Å². The number of nitrogens with one attached hydrogen (secondary N) is 1. The maximum Gasteiger partial charge on any atom is 0.0897 e. The van der Waals surface area contributed by atoms with Crippen molar-refractivity contribution in [3.8, 4) is 0 Å². The van der Waals surface area contributed by atoms with Gasteiger partial charge >= 0.3 is 0 Å². The van der Waals surface area contributed by atoms with Crippen molar-refractivity contribution >= 4 is 0 Å². The second-order valence-electron chi connectivity index (χ2n) is 4.42. The minimum atomic E-state index is -0.303. The van der Waals surface area contributed by atoms with Gasteiger partial charge in [-0.1, -0.05) is 37.3 Å². The summed E-state index contributed by atoms with van der Waals surface area (Å²) >= 11 is 0. The molecule has 0 saturated heterocycles. The summed E-state index contributed by atoms with van der Waals surface area (Å²) < 4.78 is 12.4. The van der Waals surface area contributed by atoms with Crippen LogP contribution in [0.1, 0.15) is 33.1 Å². The Bertz CT molecular complexity index is 339. The molecule has 0 saturated carbocycles. The van der Waals surface area contributed by atoms with E-state index in [1.807, 2.05) is 20.0 Å². The van der Waals surface area contributed by atoms with Gasteiger partial charge in [-0.25, -0.2) is 0 Å². The summed E-state index contributed by atoms with van der Waals surface area (Å²) in [5, 5.41) is 3.20. The van der Waals surface area contributed by atoms with E-state index in [2.05, 4.69) is 32.0 Å². The fourth-order valence-electron chi connectivity index (χ4n) is 2.05. The molecule has 0 aromatic heterocycles. The maximum absolute atomic E-state index is 12.4. The van der Waals surface area contributed by atoms with E-state index in [0.29, 0.717) is 12.8 Å². The minimum absolute atomic E-state index is 0.0420. The standard InChI is InChI=1S/C16H26FN/c1-7-13(5)14(10-9-11-17)16(12(3)4)15(8-2)18-6/h8,15,18H,2-3,5,7,9-11H2,1,4,6H3/b16-14+. The molecule has 18 heavy (non-hydrogen) atoms. The molecule has 0 aliphatic heterocycles. The van der Waals surface area contributed by atoms with Crippen LogP contribution in [0.2, 0.25) is 0 Å². The second-order valence-corrected chi connectivity index (χ2v) is 4.42. The van der Waals surface area contributed by atoms with E-state index in [4.69, 9.17) is 0 Å². The van der Waals surface area contributed by atoms with Gasteiger partial charge in [0.2, 0.25) is 0 Å². The molecule has 1 atom stereocenters. The quantitative estimate of drug-likeness (QED) is 0.474. The van der Waals surface area contributed by atoms with E-state index in [1.54, 1.807) is 0 Å². The van der Waals surface area contributed by atoms with Crippen LogP contribution >= 0.6 is 0 Å². The van der Waals surface area contributed by atoms with Crippen LogP contribution < -0.4 is 5.32 Å². The first-order valence-corrected chi connectivity index (χ1v) is 6.46. The molecule has 1 N–H and O–H groups in total. The largest absolute Gasteiger partial charge is 0.310 e. The summed E-state index contributed by atoms with van der Waals surface area (Å²) in [6.07, 6.45) is 3.95. The van der Waals surface area contributed by atoms with Gasteiger partial charge in [0, 0.05) is 0 Å². The second kappa shape index (κ2) is 8.87. The van der Waals surface area contributed by atoms with Crippen LogP contribution in [0.3, 0.4) is 0 Å². The van der Waals surface area contributed by atoms with Crippen molar-refractivity contribution < 1.29 is 4.39 Å². The van der Waals surface area contributed by atoms with Gasteiger partial charge in [-0.2, -0.15) is 0 Å². The first-order chi connectivity index (χ1) is 8.53. The van der Waals surface area contributed by atoms with E-state index in [-0.39, 0.29) is 12.7 Å². The molecule has 0 rings (SSSR count). The number of rotatable bonds is 9. The molecule has 102 valence electrons.